The number of fused-ring (bicyclic) bond motifs is 1. The average molecular weight is 293 g/mol. The van der Waals surface area contributed by atoms with E-state index in [1.54, 1.807) is 12.2 Å². The van der Waals surface area contributed by atoms with Gasteiger partial charge in [0.15, 0.2) is 5.78 Å². The fourth-order valence-corrected chi connectivity index (χ4v) is 2.50. The van der Waals surface area contributed by atoms with Gasteiger partial charge in [0.25, 0.3) is 0 Å². The molecule has 0 aliphatic heterocycles. The zero-order valence-electron chi connectivity index (χ0n) is 11.3. The van der Waals surface area contributed by atoms with Gasteiger partial charge in [-0.05, 0) is 34.6 Å². The zero-order valence-corrected chi connectivity index (χ0v) is 12.0. The minimum absolute atomic E-state index is 0.0216. The summed E-state index contributed by atoms with van der Waals surface area (Å²) in [5.74, 6) is -0.0216. The van der Waals surface area contributed by atoms with E-state index >= 15 is 0 Å². The molecule has 0 bridgehead atoms. The lowest BCUT2D eigenvalue weighted by Gasteiger charge is -2.03. The maximum absolute atomic E-state index is 12.4. The summed E-state index contributed by atoms with van der Waals surface area (Å²) >= 11 is 6.09. The molecule has 3 rings (SSSR count). The molecule has 0 atom stereocenters. The standard InChI is InChI=1S/C19H13ClO/c20-18-11-4-2-7-15(18)12-13-19(21)17-10-5-8-14-6-1-3-9-16(14)17/h1-13H/b13-12-. The maximum atomic E-state index is 12.4. The summed E-state index contributed by atoms with van der Waals surface area (Å²) < 4.78 is 0. The molecule has 0 amide bonds. The van der Waals surface area contributed by atoms with E-state index in [1.807, 2.05) is 66.7 Å². The molecule has 0 heterocycles. The molecule has 0 saturated carbocycles. The fraction of sp³-hybridized carbons (Fsp3) is 0. The van der Waals surface area contributed by atoms with Crippen LogP contribution < -0.4 is 0 Å². The molecular weight excluding hydrogens is 280 g/mol. The van der Waals surface area contributed by atoms with Gasteiger partial charge in [0.1, 0.15) is 0 Å². The number of allylic oxidation sites excluding steroid dienone is 1. The Bertz CT molecular complexity index is 828. The molecule has 1 nitrogen and oxygen atoms in total. The van der Waals surface area contributed by atoms with Crippen LogP contribution in [0.4, 0.5) is 0 Å². The molecule has 3 aromatic rings. The summed E-state index contributed by atoms with van der Waals surface area (Å²) in [7, 11) is 0. The highest BCUT2D eigenvalue weighted by Gasteiger charge is 2.06. The van der Waals surface area contributed by atoms with Gasteiger partial charge in [0.05, 0.1) is 0 Å². The third kappa shape index (κ3) is 2.88. The minimum atomic E-state index is -0.0216. The van der Waals surface area contributed by atoms with Gasteiger partial charge >= 0.3 is 0 Å². The van der Waals surface area contributed by atoms with Crippen molar-refractivity contribution in [1.29, 1.82) is 0 Å². The highest BCUT2D eigenvalue weighted by atomic mass is 35.5. The predicted octanol–water partition coefficient (Wildman–Crippen LogP) is 5.39. The Hall–Kier alpha value is -2.38. The van der Waals surface area contributed by atoms with E-state index in [2.05, 4.69) is 0 Å². The van der Waals surface area contributed by atoms with Crippen LogP contribution in [0.15, 0.2) is 72.8 Å². The van der Waals surface area contributed by atoms with E-state index in [0.717, 1.165) is 16.3 Å². The summed E-state index contributed by atoms with van der Waals surface area (Å²) in [5.41, 5.74) is 1.55. The van der Waals surface area contributed by atoms with Gasteiger partial charge in [0.2, 0.25) is 0 Å². The molecular formula is C19H13ClO. The number of halogens is 1. The molecule has 0 aliphatic carbocycles. The topological polar surface area (TPSA) is 17.1 Å². The normalized spacial score (nSPS) is 11.1. The maximum Gasteiger partial charge on any atom is 0.186 e. The van der Waals surface area contributed by atoms with Gasteiger partial charge in [-0.15, -0.1) is 0 Å². The van der Waals surface area contributed by atoms with Crippen LogP contribution in [0.5, 0.6) is 0 Å². The smallest absolute Gasteiger partial charge is 0.186 e. The minimum Gasteiger partial charge on any atom is -0.289 e. The molecule has 0 saturated heterocycles. The third-order valence-corrected chi connectivity index (χ3v) is 3.72. The molecule has 0 aromatic heterocycles. The molecule has 102 valence electrons. The highest BCUT2D eigenvalue weighted by molar-refractivity contribution is 6.32. The number of hydrogen-bond donors (Lipinski definition) is 0. The second-order valence-corrected chi connectivity index (χ2v) is 5.15. The van der Waals surface area contributed by atoms with Crippen molar-refractivity contribution in [2.24, 2.45) is 0 Å². The van der Waals surface area contributed by atoms with Gasteiger partial charge < -0.3 is 0 Å². The SMILES string of the molecule is O=C(/C=C\c1ccccc1Cl)c1cccc2ccccc12. The summed E-state index contributed by atoms with van der Waals surface area (Å²) in [4.78, 5) is 12.4. The summed E-state index contributed by atoms with van der Waals surface area (Å²) in [5, 5.41) is 2.67. The average Bonchev–Trinajstić information content (AvgIpc) is 2.53. The molecule has 0 aliphatic rings. The second-order valence-electron chi connectivity index (χ2n) is 4.75. The lowest BCUT2D eigenvalue weighted by molar-refractivity contribution is 0.104. The van der Waals surface area contributed by atoms with Crippen LogP contribution >= 0.6 is 11.6 Å². The van der Waals surface area contributed by atoms with Crippen LogP contribution in [0.2, 0.25) is 5.02 Å². The highest BCUT2D eigenvalue weighted by Crippen LogP contribution is 2.21. The Morgan fingerprint density at radius 2 is 1.57 bits per heavy atom. The van der Waals surface area contributed by atoms with E-state index in [4.69, 9.17) is 11.6 Å². The first kappa shape index (κ1) is 13.6. The first-order valence-electron chi connectivity index (χ1n) is 6.70. The third-order valence-electron chi connectivity index (χ3n) is 3.37. The Labute approximate surface area is 128 Å². The quantitative estimate of drug-likeness (QED) is 0.467. The summed E-state index contributed by atoms with van der Waals surface area (Å²) in [6, 6.07) is 21.1. The van der Waals surface area contributed by atoms with Crippen LogP contribution in [0.25, 0.3) is 16.8 Å². The molecule has 21 heavy (non-hydrogen) atoms. The molecule has 2 heteroatoms. The molecule has 0 fully saturated rings. The molecule has 0 N–H and O–H groups in total. The van der Waals surface area contributed by atoms with Crippen molar-refractivity contribution in [3.63, 3.8) is 0 Å². The van der Waals surface area contributed by atoms with Crippen molar-refractivity contribution < 1.29 is 4.79 Å². The largest absolute Gasteiger partial charge is 0.289 e. The first-order chi connectivity index (χ1) is 10.3. The van der Waals surface area contributed by atoms with E-state index in [1.165, 1.54) is 0 Å². The van der Waals surface area contributed by atoms with E-state index in [-0.39, 0.29) is 5.78 Å². The Kier molecular flexibility index (Phi) is 3.85. The van der Waals surface area contributed by atoms with Gasteiger partial charge in [-0.25, -0.2) is 0 Å². The van der Waals surface area contributed by atoms with E-state index in [9.17, 15) is 4.79 Å². The Morgan fingerprint density at radius 1 is 0.857 bits per heavy atom. The summed E-state index contributed by atoms with van der Waals surface area (Å²) in [6.07, 6.45) is 3.33. The van der Waals surface area contributed by atoms with Crippen molar-refractivity contribution in [1.82, 2.24) is 0 Å². The van der Waals surface area contributed by atoms with Gasteiger partial charge in [-0.1, -0.05) is 72.3 Å². The Morgan fingerprint density at radius 3 is 2.43 bits per heavy atom. The van der Waals surface area contributed by atoms with Crippen molar-refractivity contribution in [2.45, 2.75) is 0 Å². The number of rotatable bonds is 3. The Balaban J connectivity index is 1.97. The number of ketones is 1. The number of carbonyl (C=O) groups is 1. The van der Waals surface area contributed by atoms with Gasteiger partial charge in [-0.2, -0.15) is 0 Å². The zero-order chi connectivity index (χ0) is 14.7. The van der Waals surface area contributed by atoms with Crippen LogP contribution in [0, 0.1) is 0 Å². The van der Waals surface area contributed by atoms with Crippen LogP contribution in [0.3, 0.4) is 0 Å². The first-order valence-corrected chi connectivity index (χ1v) is 7.08. The van der Waals surface area contributed by atoms with Crippen molar-refractivity contribution in [3.05, 3.63) is 89.0 Å². The van der Waals surface area contributed by atoms with E-state index in [0.29, 0.717) is 10.6 Å². The molecule has 0 unspecified atom stereocenters. The fourth-order valence-electron chi connectivity index (χ4n) is 2.31. The van der Waals surface area contributed by atoms with Gasteiger partial charge in [-0.3, -0.25) is 4.79 Å². The van der Waals surface area contributed by atoms with Crippen LogP contribution in [0.1, 0.15) is 15.9 Å². The lowest BCUT2D eigenvalue weighted by Crippen LogP contribution is -1.95. The number of carbonyl (C=O) groups excluding carboxylic acids is 1. The number of benzene rings is 3. The molecule has 3 aromatic carbocycles. The predicted molar refractivity (Wildman–Crippen MR) is 88.8 cm³/mol. The van der Waals surface area contributed by atoms with Crippen molar-refractivity contribution in [3.8, 4) is 0 Å². The van der Waals surface area contributed by atoms with Crippen molar-refractivity contribution >= 4 is 34.2 Å². The van der Waals surface area contributed by atoms with Gasteiger partial charge in [0, 0.05) is 10.6 Å². The molecule has 0 radical (unpaired) electrons. The van der Waals surface area contributed by atoms with Crippen LogP contribution in [-0.2, 0) is 0 Å². The van der Waals surface area contributed by atoms with Crippen molar-refractivity contribution in [2.75, 3.05) is 0 Å². The summed E-state index contributed by atoms with van der Waals surface area (Å²) in [6.45, 7) is 0. The number of hydrogen-bond acceptors (Lipinski definition) is 1. The van der Waals surface area contributed by atoms with Crippen LogP contribution in [-0.4, -0.2) is 5.78 Å². The monoisotopic (exact) mass is 292 g/mol. The lowest BCUT2D eigenvalue weighted by atomic mass is 10.0. The second kappa shape index (κ2) is 5.94. The van der Waals surface area contributed by atoms with E-state index < -0.39 is 0 Å². The molecule has 0 spiro atoms.